The molecule has 4 amide bonds. The summed E-state index contributed by atoms with van der Waals surface area (Å²) < 4.78 is 10.3. The first-order valence-corrected chi connectivity index (χ1v) is 11.9. The third kappa shape index (κ3) is 5.72. The van der Waals surface area contributed by atoms with E-state index in [0.717, 1.165) is 0 Å². The van der Waals surface area contributed by atoms with E-state index in [0.29, 0.717) is 30.8 Å². The summed E-state index contributed by atoms with van der Waals surface area (Å²) in [7, 11) is 1.24. The number of methoxy groups -OCH3 is 1. The molecule has 0 aromatic heterocycles. The van der Waals surface area contributed by atoms with Crippen molar-refractivity contribution in [2.24, 2.45) is 0 Å². The number of hydrogen-bond acceptors (Lipinski definition) is 6. The van der Waals surface area contributed by atoms with Crippen LogP contribution in [0.2, 0.25) is 5.02 Å². The lowest BCUT2D eigenvalue weighted by atomic mass is 10.0. The molecule has 0 aliphatic carbocycles. The zero-order chi connectivity index (χ0) is 25.9. The van der Waals surface area contributed by atoms with Crippen molar-refractivity contribution >= 4 is 41.3 Å². The Balaban J connectivity index is 1.93. The van der Waals surface area contributed by atoms with Gasteiger partial charge in [-0.25, -0.2) is 9.59 Å². The Morgan fingerprint density at radius 2 is 2.06 bits per heavy atom. The molecular formula is C23H31ClN4O7. The second-order valence-corrected chi connectivity index (χ2v) is 9.21. The van der Waals surface area contributed by atoms with Crippen LogP contribution in [0.3, 0.4) is 0 Å². The molecule has 0 bridgehead atoms. The van der Waals surface area contributed by atoms with E-state index in [1.165, 1.54) is 29.0 Å². The molecule has 2 aliphatic heterocycles. The van der Waals surface area contributed by atoms with Crippen molar-refractivity contribution in [3.05, 3.63) is 22.7 Å². The number of carboxylic acid groups (broad SMARTS) is 1. The lowest BCUT2D eigenvalue weighted by Gasteiger charge is -2.41. The number of ether oxygens (including phenoxy) is 2. The highest BCUT2D eigenvalue weighted by atomic mass is 35.5. The zero-order valence-electron chi connectivity index (χ0n) is 20.2. The third-order valence-electron chi connectivity index (χ3n) is 6.13. The molecular weight excluding hydrogens is 480 g/mol. The summed E-state index contributed by atoms with van der Waals surface area (Å²) >= 11 is 6.51. The predicted octanol–water partition coefficient (Wildman–Crippen LogP) is 2.80. The minimum atomic E-state index is -1.02. The van der Waals surface area contributed by atoms with Crippen molar-refractivity contribution in [1.82, 2.24) is 15.1 Å². The van der Waals surface area contributed by atoms with E-state index in [2.05, 4.69) is 10.1 Å². The topological polar surface area (TPSA) is 129 Å². The van der Waals surface area contributed by atoms with Crippen molar-refractivity contribution in [2.75, 3.05) is 38.2 Å². The van der Waals surface area contributed by atoms with Crippen molar-refractivity contribution in [3.63, 3.8) is 0 Å². The van der Waals surface area contributed by atoms with Gasteiger partial charge in [0.05, 0.1) is 29.4 Å². The van der Waals surface area contributed by atoms with Crippen LogP contribution >= 0.6 is 11.6 Å². The second kappa shape index (κ2) is 11.0. The van der Waals surface area contributed by atoms with Crippen molar-refractivity contribution < 1.29 is 33.8 Å². The van der Waals surface area contributed by atoms with E-state index in [9.17, 15) is 24.3 Å². The van der Waals surface area contributed by atoms with Gasteiger partial charge < -0.3 is 34.6 Å². The number of anilines is 1. The summed E-state index contributed by atoms with van der Waals surface area (Å²) in [4.78, 5) is 53.9. The molecule has 0 saturated carbocycles. The van der Waals surface area contributed by atoms with Gasteiger partial charge >= 0.3 is 12.2 Å². The Hall–Kier alpha value is -3.21. The SMILES string of the molecule is COC(=O)NCCN1C(=O)[C@@H](C)Oc2cc(Cl)c(C(=O)N(C(C)C)[C@@H]3CCCN(C(=O)O)C3)cc21. The van der Waals surface area contributed by atoms with Gasteiger partial charge in [-0.1, -0.05) is 11.6 Å². The third-order valence-corrected chi connectivity index (χ3v) is 6.44. The molecule has 0 radical (unpaired) electrons. The highest BCUT2D eigenvalue weighted by molar-refractivity contribution is 6.34. The van der Waals surface area contributed by atoms with Crippen molar-refractivity contribution in [2.45, 2.75) is 51.8 Å². The first-order chi connectivity index (χ1) is 16.5. The summed E-state index contributed by atoms with van der Waals surface area (Å²) in [6.45, 7) is 6.24. The van der Waals surface area contributed by atoms with Gasteiger partial charge in [0.2, 0.25) is 0 Å². The van der Waals surface area contributed by atoms with Gasteiger partial charge in [-0.15, -0.1) is 0 Å². The molecule has 1 saturated heterocycles. The summed E-state index contributed by atoms with van der Waals surface area (Å²) in [5, 5.41) is 12.1. The van der Waals surface area contributed by atoms with E-state index in [1.54, 1.807) is 11.8 Å². The van der Waals surface area contributed by atoms with E-state index < -0.39 is 18.3 Å². The maximum Gasteiger partial charge on any atom is 0.407 e. The second-order valence-electron chi connectivity index (χ2n) is 8.80. The number of nitrogens with one attached hydrogen (secondary N) is 1. The molecule has 3 rings (SSSR count). The quantitative estimate of drug-likeness (QED) is 0.602. The van der Waals surface area contributed by atoms with Gasteiger partial charge in [0.1, 0.15) is 5.75 Å². The monoisotopic (exact) mass is 510 g/mol. The average Bonchev–Trinajstić information content (AvgIpc) is 2.81. The minimum Gasteiger partial charge on any atom is -0.479 e. The van der Waals surface area contributed by atoms with Crippen LogP contribution in [0, 0.1) is 0 Å². The minimum absolute atomic E-state index is 0.127. The van der Waals surface area contributed by atoms with Crippen LogP contribution in [0.15, 0.2) is 12.1 Å². The van der Waals surface area contributed by atoms with Crippen LogP contribution in [-0.2, 0) is 9.53 Å². The molecule has 2 N–H and O–H groups in total. The number of carbonyl (C=O) groups excluding carboxylic acids is 3. The van der Waals surface area contributed by atoms with Gasteiger partial charge in [0, 0.05) is 38.3 Å². The maximum absolute atomic E-state index is 13.7. The average molecular weight is 511 g/mol. The number of hydrogen-bond donors (Lipinski definition) is 2. The molecule has 192 valence electrons. The number of likely N-dealkylation sites (tertiary alicyclic amines) is 1. The molecule has 1 aromatic carbocycles. The molecule has 11 nitrogen and oxygen atoms in total. The number of nitrogens with zero attached hydrogens (tertiary/aromatic N) is 3. The van der Waals surface area contributed by atoms with Crippen LogP contribution < -0.4 is 15.0 Å². The lowest BCUT2D eigenvalue weighted by Crippen LogP contribution is -2.53. The maximum atomic E-state index is 13.7. The number of benzene rings is 1. The fourth-order valence-corrected chi connectivity index (χ4v) is 4.72. The number of amides is 4. The highest BCUT2D eigenvalue weighted by Gasteiger charge is 2.36. The van der Waals surface area contributed by atoms with Crippen LogP contribution in [0.5, 0.6) is 5.75 Å². The summed E-state index contributed by atoms with van der Waals surface area (Å²) in [6.07, 6.45) is -1.09. The summed E-state index contributed by atoms with van der Waals surface area (Å²) in [5.41, 5.74) is 0.551. The van der Waals surface area contributed by atoms with E-state index >= 15 is 0 Å². The predicted molar refractivity (Wildman–Crippen MR) is 128 cm³/mol. The number of carbonyl (C=O) groups is 4. The Kier molecular flexibility index (Phi) is 8.31. The molecule has 2 aliphatic rings. The van der Waals surface area contributed by atoms with Crippen LogP contribution in [-0.4, -0.2) is 90.4 Å². The molecule has 0 spiro atoms. The van der Waals surface area contributed by atoms with Crippen LogP contribution in [0.1, 0.15) is 44.0 Å². The smallest absolute Gasteiger partial charge is 0.407 e. The highest BCUT2D eigenvalue weighted by Crippen LogP contribution is 2.39. The van der Waals surface area contributed by atoms with Crippen molar-refractivity contribution in [1.29, 1.82) is 0 Å². The fraction of sp³-hybridized carbons (Fsp3) is 0.565. The Labute approximate surface area is 208 Å². The molecule has 1 aromatic rings. The van der Waals surface area contributed by atoms with Crippen LogP contribution in [0.25, 0.3) is 0 Å². The first-order valence-electron chi connectivity index (χ1n) is 11.5. The van der Waals surface area contributed by atoms with E-state index in [-0.39, 0.29) is 54.1 Å². The fourth-order valence-electron chi connectivity index (χ4n) is 4.48. The Morgan fingerprint density at radius 3 is 2.69 bits per heavy atom. The number of rotatable bonds is 6. The zero-order valence-corrected chi connectivity index (χ0v) is 21.0. The Bertz CT molecular complexity index is 1000. The van der Waals surface area contributed by atoms with Gasteiger partial charge in [-0.05, 0) is 39.7 Å². The first kappa shape index (κ1) is 26.4. The van der Waals surface area contributed by atoms with Gasteiger partial charge in [-0.2, -0.15) is 0 Å². The number of alkyl carbamates (subject to hydrolysis) is 1. The normalized spacial score (nSPS) is 19.7. The van der Waals surface area contributed by atoms with Gasteiger partial charge in [0.15, 0.2) is 6.10 Å². The molecule has 0 unspecified atom stereocenters. The number of fused-ring (bicyclic) bond motifs is 1. The van der Waals surface area contributed by atoms with Gasteiger partial charge in [0.25, 0.3) is 11.8 Å². The molecule has 1 fully saturated rings. The molecule has 2 atom stereocenters. The molecule has 12 heteroatoms. The Morgan fingerprint density at radius 1 is 1.34 bits per heavy atom. The number of piperidine rings is 1. The molecule has 35 heavy (non-hydrogen) atoms. The summed E-state index contributed by atoms with van der Waals surface area (Å²) in [5.74, 6) is -0.332. The molecule has 2 heterocycles. The van der Waals surface area contributed by atoms with Crippen molar-refractivity contribution in [3.8, 4) is 5.75 Å². The standard InChI is InChI=1S/C23H31ClN4O7/c1-13(2)28(15-6-5-8-26(12-15)23(32)33)21(30)16-10-18-19(11-17(16)24)35-14(3)20(29)27(18)9-7-25-22(31)34-4/h10-11,13-15H,5-9,12H2,1-4H3,(H,25,31)(H,32,33)/t14-,15-/m1/s1. The van der Waals surface area contributed by atoms with Gasteiger partial charge in [-0.3, -0.25) is 9.59 Å². The van der Waals surface area contributed by atoms with Crippen LogP contribution in [0.4, 0.5) is 15.3 Å². The lowest BCUT2D eigenvalue weighted by molar-refractivity contribution is -0.125. The van der Waals surface area contributed by atoms with E-state index in [1.807, 2.05) is 13.8 Å². The largest absolute Gasteiger partial charge is 0.479 e. The van der Waals surface area contributed by atoms with E-state index in [4.69, 9.17) is 16.3 Å². The summed E-state index contributed by atoms with van der Waals surface area (Å²) in [6, 6.07) is 2.51. The number of halogens is 1.